The monoisotopic (exact) mass is 259 g/mol. The molecule has 2 unspecified atom stereocenters. The number of carboxylic acid groups (broad SMARTS) is 1. The number of nitrogens with zero attached hydrogens (tertiary/aromatic N) is 3. The number of hydrogen-bond donors (Lipinski definition) is 1. The highest BCUT2D eigenvalue weighted by molar-refractivity contribution is 5.79. The molecule has 1 saturated heterocycles. The quantitative estimate of drug-likeness (QED) is 0.878. The molecule has 5 nitrogen and oxygen atoms in total. The molecule has 19 heavy (non-hydrogen) atoms. The fourth-order valence-corrected chi connectivity index (χ4v) is 2.65. The molecule has 1 N–H and O–H groups in total. The normalized spacial score (nSPS) is 22.9. The maximum Gasteiger partial charge on any atom is 0.326 e. The maximum absolute atomic E-state index is 11.5. The predicted molar refractivity (Wildman–Crippen MR) is 70.9 cm³/mol. The Balaban J connectivity index is 2.46. The van der Waals surface area contributed by atoms with Gasteiger partial charge in [0.05, 0.1) is 5.56 Å². The molecule has 0 aliphatic carbocycles. The lowest BCUT2D eigenvalue weighted by Gasteiger charge is -2.38. The molecule has 100 valence electrons. The smallest absolute Gasteiger partial charge is 0.326 e. The highest BCUT2D eigenvalue weighted by Crippen LogP contribution is 2.29. The van der Waals surface area contributed by atoms with Crippen molar-refractivity contribution in [2.75, 3.05) is 11.4 Å². The molecule has 1 aromatic heterocycles. The lowest BCUT2D eigenvalue weighted by molar-refractivity contribution is -0.140. The van der Waals surface area contributed by atoms with Crippen LogP contribution in [-0.4, -0.2) is 28.6 Å². The van der Waals surface area contributed by atoms with E-state index in [0.29, 0.717) is 17.9 Å². The number of pyridine rings is 1. The molecule has 0 saturated carbocycles. The van der Waals surface area contributed by atoms with Crippen LogP contribution in [0.4, 0.5) is 5.82 Å². The van der Waals surface area contributed by atoms with Crippen LogP contribution >= 0.6 is 0 Å². The highest BCUT2D eigenvalue weighted by atomic mass is 16.4. The number of anilines is 1. The second-order valence-corrected chi connectivity index (χ2v) is 5.03. The zero-order valence-electron chi connectivity index (χ0n) is 11.1. The molecule has 0 radical (unpaired) electrons. The van der Waals surface area contributed by atoms with E-state index in [9.17, 15) is 9.90 Å². The Morgan fingerprint density at radius 3 is 2.95 bits per heavy atom. The van der Waals surface area contributed by atoms with Crippen molar-refractivity contribution in [2.45, 2.75) is 32.7 Å². The van der Waals surface area contributed by atoms with Crippen LogP contribution in [0.1, 0.15) is 31.0 Å². The molecular formula is C14H17N3O2. The highest BCUT2D eigenvalue weighted by Gasteiger charge is 2.36. The van der Waals surface area contributed by atoms with Crippen molar-refractivity contribution in [3.05, 3.63) is 23.4 Å². The molecule has 0 spiro atoms. The van der Waals surface area contributed by atoms with Crippen molar-refractivity contribution in [3.63, 3.8) is 0 Å². The molecule has 2 heterocycles. The van der Waals surface area contributed by atoms with E-state index < -0.39 is 12.0 Å². The van der Waals surface area contributed by atoms with Crippen molar-refractivity contribution < 1.29 is 9.90 Å². The summed E-state index contributed by atoms with van der Waals surface area (Å²) in [5.41, 5.74) is 1.22. The molecule has 2 rings (SSSR count). The fraction of sp³-hybridized carbons (Fsp3) is 0.500. The van der Waals surface area contributed by atoms with Crippen LogP contribution in [0, 0.1) is 24.2 Å². The molecule has 1 aliphatic rings. The van der Waals surface area contributed by atoms with Gasteiger partial charge in [-0.3, -0.25) is 0 Å². The van der Waals surface area contributed by atoms with E-state index in [2.05, 4.69) is 11.1 Å². The zero-order valence-corrected chi connectivity index (χ0v) is 11.1. The molecule has 0 bridgehead atoms. The number of aryl methyl sites for hydroxylation is 1. The summed E-state index contributed by atoms with van der Waals surface area (Å²) in [6, 6.07) is 4.97. The van der Waals surface area contributed by atoms with E-state index in [0.717, 1.165) is 18.5 Å². The average molecular weight is 259 g/mol. The van der Waals surface area contributed by atoms with Gasteiger partial charge >= 0.3 is 5.97 Å². The van der Waals surface area contributed by atoms with Crippen LogP contribution in [0.3, 0.4) is 0 Å². The van der Waals surface area contributed by atoms with E-state index in [1.807, 2.05) is 13.8 Å². The van der Waals surface area contributed by atoms with Gasteiger partial charge in [0.15, 0.2) is 0 Å². The second-order valence-electron chi connectivity index (χ2n) is 5.03. The first-order valence-electron chi connectivity index (χ1n) is 6.41. The van der Waals surface area contributed by atoms with E-state index in [1.54, 1.807) is 17.0 Å². The topological polar surface area (TPSA) is 77.2 Å². The SMILES string of the molecule is Cc1ccc(C#N)c(N2CCCC(C)C2C(=O)O)n1. The summed E-state index contributed by atoms with van der Waals surface area (Å²) < 4.78 is 0. The number of carbonyl (C=O) groups is 1. The number of aliphatic carboxylic acids is 1. The molecule has 1 aliphatic heterocycles. The standard InChI is InChI=1S/C14H17N3O2/c1-9-4-3-7-17(12(9)14(18)19)13-11(8-15)6-5-10(2)16-13/h5-6,9,12H,3-4,7H2,1-2H3,(H,18,19). The van der Waals surface area contributed by atoms with Crippen LogP contribution in [0.5, 0.6) is 0 Å². The van der Waals surface area contributed by atoms with Gasteiger partial charge in [0, 0.05) is 12.2 Å². The van der Waals surface area contributed by atoms with Crippen molar-refractivity contribution in [3.8, 4) is 6.07 Å². The van der Waals surface area contributed by atoms with Crippen molar-refractivity contribution in [2.24, 2.45) is 5.92 Å². The van der Waals surface area contributed by atoms with Gasteiger partial charge in [-0.05, 0) is 37.8 Å². The second kappa shape index (κ2) is 5.27. The molecular weight excluding hydrogens is 242 g/mol. The fourth-order valence-electron chi connectivity index (χ4n) is 2.65. The third-order valence-corrected chi connectivity index (χ3v) is 3.59. The summed E-state index contributed by atoms with van der Waals surface area (Å²) in [5, 5.41) is 18.6. The Kier molecular flexibility index (Phi) is 3.70. The number of rotatable bonds is 2. The summed E-state index contributed by atoms with van der Waals surface area (Å²) in [7, 11) is 0. The first-order chi connectivity index (χ1) is 9.04. The van der Waals surface area contributed by atoms with E-state index >= 15 is 0 Å². The van der Waals surface area contributed by atoms with Crippen molar-refractivity contribution in [1.29, 1.82) is 5.26 Å². The van der Waals surface area contributed by atoms with Crippen LogP contribution in [-0.2, 0) is 4.79 Å². The Labute approximate surface area is 112 Å². The average Bonchev–Trinajstić information content (AvgIpc) is 2.37. The molecule has 2 atom stereocenters. The van der Waals surface area contributed by atoms with Gasteiger partial charge in [0.2, 0.25) is 0 Å². The summed E-state index contributed by atoms with van der Waals surface area (Å²) in [4.78, 5) is 17.6. The summed E-state index contributed by atoms with van der Waals surface area (Å²) in [6.45, 7) is 4.41. The van der Waals surface area contributed by atoms with Gasteiger partial charge in [0.25, 0.3) is 0 Å². The Morgan fingerprint density at radius 1 is 1.58 bits per heavy atom. The van der Waals surface area contributed by atoms with Crippen LogP contribution in [0.25, 0.3) is 0 Å². The van der Waals surface area contributed by atoms with Gasteiger partial charge in [-0.1, -0.05) is 6.92 Å². The molecule has 1 aromatic rings. The lowest BCUT2D eigenvalue weighted by Crippen LogP contribution is -2.50. The number of piperidine rings is 1. The molecule has 0 aromatic carbocycles. The van der Waals surface area contributed by atoms with Gasteiger partial charge in [-0.15, -0.1) is 0 Å². The predicted octanol–water partition coefficient (Wildman–Crippen LogP) is 1.95. The Morgan fingerprint density at radius 2 is 2.32 bits per heavy atom. The van der Waals surface area contributed by atoms with Gasteiger partial charge in [0.1, 0.15) is 17.9 Å². The third kappa shape index (κ3) is 2.53. The zero-order chi connectivity index (χ0) is 14.0. The van der Waals surface area contributed by atoms with Gasteiger partial charge in [-0.25, -0.2) is 9.78 Å². The van der Waals surface area contributed by atoms with Gasteiger partial charge < -0.3 is 10.0 Å². The lowest BCUT2D eigenvalue weighted by atomic mass is 9.90. The summed E-state index contributed by atoms with van der Waals surface area (Å²) in [5.74, 6) is -0.291. The van der Waals surface area contributed by atoms with Crippen molar-refractivity contribution in [1.82, 2.24) is 4.98 Å². The molecule has 0 amide bonds. The molecule has 5 heteroatoms. The first kappa shape index (κ1) is 13.3. The minimum Gasteiger partial charge on any atom is -0.480 e. The van der Waals surface area contributed by atoms with Crippen molar-refractivity contribution >= 4 is 11.8 Å². The number of carboxylic acids is 1. The minimum atomic E-state index is -0.848. The van der Waals surface area contributed by atoms with Crippen LogP contribution < -0.4 is 4.90 Å². The minimum absolute atomic E-state index is 0.0557. The van der Waals surface area contributed by atoms with Crippen LogP contribution in [0.2, 0.25) is 0 Å². The third-order valence-electron chi connectivity index (χ3n) is 3.59. The van der Waals surface area contributed by atoms with Crippen LogP contribution in [0.15, 0.2) is 12.1 Å². The Bertz CT molecular complexity index is 536. The number of nitriles is 1. The maximum atomic E-state index is 11.5. The summed E-state index contributed by atoms with van der Waals surface area (Å²) in [6.07, 6.45) is 1.81. The number of aromatic nitrogens is 1. The summed E-state index contributed by atoms with van der Waals surface area (Å²) >= 11 is 0. The number of hydrogen-bond acceptors (Lipinski definition) is 4. The Hall–Kier alpha value is -2.09. The molecule has 1 fully saturated rings. The largest absolute Gasteiger partial charge is 0.480 e. The first-order valence-corrected chi connectivity index (χ1v) is 6.41. The van der Waals surface area contributed by atoms with Gasteiger partial charge in [-0.2, -0.15) is 5.26 Å². The van der Waals surface area contributed by atoms with E-state index in [1.165, 1.54) is 0 Å². The van der Waals surface area contributed by atoms with E-state index in [-0.39, 0.29) is 5.92 Å². The van der Waals surface area contributed by atoms with E-state index in [4.69, 9.17) is 5.26 Å².